The molecule has 2 N–H and O–H groups in total. The van der Waals surface area contributed by atoms with Crippen molar-refractivity contribution < 1.29 is 29.1 Å². The third kappa shape index (κ3) is 3.57. The minimum absolute atomic E-state index is 0.119. The summed E-state index contributed by atoms with van der Waals surface area (Å²) in [6.07, 6.45) is -0.180. The molecule has 2 heterocycles. The Hall–Kier alpha value is -1.42. The molecule has 2 rings (SSSR count). The van der Waals surface area contributed by atoms with E-state index < -0.39 is 29.6 Å². The predicted octanol–water partition coefficient (Wildman–Crippen LogP) is 0.873. The number of esters is 1. The maximum Gasteiger partial charge on any atom is 0.372 e. The number of nitrogens with zero attached hydrogens (tertiary/aromatic N) is 1. The number of carboxylic acids is 1. The zero-order valence-electron chi connectivity index (χ0n) is 11.6. The maximum atomic E-state index is 12.4. The molecule has 1 unspecified atom stereocenters. The van der Waals surface area contributed by atoms with Gasteiger partial charge in [-0.1, -0.05) is 35.4 Å². The molecule has 2 fully saturated rings. The van der Waals surface area contributed by atoms with E-state index in [2.05, 4.69) is 5.32 Å². The normalized spacial score (nSPS) is 28.0. The topological polar surface area (TPSA) is 105 Å². The molecule has 2 saturated heterocycles. The average molecular weight is 383 g/mol. The molecule has 0 saturated carbocycles. The SMILES string of the molecule is O=C1CCC(C(=O)O)(N2OC[C@H](NC(=S)CC(Cl)=CCl)C2=O)O1. The van der Waals surface area contributed by atoms with Gasteiger partial charge in [0.25, 0.3) is 5.91 Å². The number of carbonyl (C=O) groups is 3. The minimum atomic E-state index is -2.14. The number of ether oxygens (including phenoxy) is 1. The second-order valence-corrected chi connectivity index (χ2v) is 6.04. The number of amides is 1. The lowest BCUT2D eigenvalue weighted by atomic mass is 10.1. The van der Waals surface area contributed by atoms with E-state index >= 15 is 0 Å². The van der Waals surface area contributed by atoms with Crippen molar-refractivity contribution in [3.05, 3.63) is 10.6 Å². The molecule has 1 amide bonds. The number of halogens is 2. The third-order valence-corrected chi connectivity index (χ3v) is 4.14. The zero-order chi connectivity index (χ0) is 17.2. The van der Waals surface area contributed by atoms with Crippen LogP contribution in [-0.2, 0) is 24.0 Å². The van der Waals surface area contributed by atoms with Crippen LogP contribution in [0.15, 0.2) is 10.6 Å². The summed E-state index contributed by atoms with van der Waals surface area (Å²) >= 11 is 16.2. The van der Waals surface area contributed by atoms with Crippen LogP contribution in [0.1, 0.15) is 19.3 Å². The Kier molecular flexibility index (Phi) is 5.45. The predicted molar refractivity (Wildman–Crippen MR) is 82.4 cm³/mol. The number of hydrogen-bond donors (Lipinski definition) is 2. The second kappa shape index (κ2) is 7.00. The van der Waals surface area contributed by atoms with Crippen molar-refractivity contribution in [3.63, 3.8) is 0 Å². The Morgan fingerprint density at radius 2 is 2.26 bits per heavy atom. The first-order valence-corrected chi connectivity index (χ1v) is 7.69. The largest absolute Gasteiger partial charge is 0.477 e. The summed E-state index contributed by atoms with van der Waals surface area (Å²) in [7, 11) is 0. The van der Waals surface area contributed by atoms with E-state index in [1.54, 1.807) is 0 Å². The van der Waals surface area contributed by atoms with Crippen LogP contribution in [0.25, 0.3) is 0 Å². The van der Waals surface area contributed by atoms with Crippen LogP contribution in [0, 0.1) is 0 Å². The molecule has 126 valence electrons. The van der Waals surface area contributed by atoms with Crippen molar-refractivity contribution in [3.8, 4) is 0 Å². The summed E-state index contributed by atoms with van der Waals surface area (Å²) in [5.41, 5.74) is -0.994. The summed E-state index contributed by atoms with van der Waals surface area (Å²) in [6, 6.07) is -0.905. The van der Waals surface area contributed by atoms with Gasteiger partial charge < -0.3 is 15.2 Å². The van der Waals surface area contributed by atoms with Crippen LogP contribution < -0.4 is 5.32 Å². The van der Waals surface area contributed by atoms with Crippen molar-refractivity contribution in [1.29, 1.82) is 0 Å². The molecule has 11 heteroatoms. The minimum Gasteiger partial charge on any atom is -0.477 e. The van der Waals surface area contributed by atoms with Crippen molar-refractivity contribution >= 4 is 58.3 Å². The van der Waals surface area contributed by atoms with Gasteiger partial charge in [-0.3, -0.25) is 14.4 Å². The lowest BCUT2D eigenvalue weighted by molar-refractivity contribution is -0.256. The fourth-order valence-corrected chi connectivity index (χ4v) is 2.78. The van der Waals surface area contributed by atoms with Gasteiger partial charge in [-0.2, -0.15) is 5.06 Å². The molecule has 0 bridgehead atoms. The molecule has 0 aromatic carbocycles. The standard InChI is InChI=1S/C12H12Cl2N2O6S/c13-4-6(14)3-8(23)15-7-5-21-16(10(7)18)12(11(19)20)2-1-9(17)22-12/h4,7H,1-3,5H2,(H,15,23)(H,19,20)/t7-,12?/m0/s1. The van der Waals surface area contributed by atoms with Crippen LogP contribution in [-0.4, -0.2) is 51.4 Å². The molecule has 0 radical (unpaired) electrons. The van der Waals surface area contributed by atoms with Gasteiger partial charge >= 0.3 is 17.7 Å². The lowest BCUT2D eigenvalue weighted by Crippen LogP contribution is -2.56. The van der Waals surface area contributed by atoms with E-state index in [0.29, 0.717) is 5.06 Å². The number of hydrogen-bond acceptors (Lipinski definition) is 6. The highest BCUT2D eigenvalue weighted by molar-refractivity contribution is 7.80. The van der Waals surface area contributed by atoms with Crippen LogP contribution in [0.2, 0.25) is 0 Å². The number of nitrogens with one attached hydrogen (secondary N) is 1. The Morgan fingerprint density at radius 1 is 1.57 bits per heavy atom. The van der Waals surface area contributed by atoms with Crippen LogP contribution in [0.5, 0.6) is 0 Å². The highest BCUT2D eigenvalue weighted by Gasteiger charge is 2.59. The first-order valence-electron chi connectivity index (χ1n) is 6.46. The molecule has 2 aliphatic heterocycles. The van der Waals surface area contributed by atoms with E-state index in [0.717, 1.165) is 5.54 Å². The number of carbonyl (C=O) groups excluding carboxylic acids is 2. The van der Waals surface area contributed by atoms with Gasteiger partial charge in [0.05, 0.1) is 11.4 Å². The van der Waals surface area contributed by atoms with E-state index in [4.69, 9.17) is 45.0 Å². The molecule has 8 nitrogen and oxygen atoms in total. The number of rotatable bonds is 5. The fraction of sp³-hybridized carbons (Fsp3) is 0.500. The number of hydroxylamine groups is 2. The van der Waals surface area contributed by atoms with Crippen molar-refractivity contribution in [2.75, 3.05) is 6.61 Å². The number of thiocarbonyl (C=S) groups is 1. The van der Waals surface area contributed by atoms with E-state index in [-0.39, 0.29) is 35.9 Å². The number of aliphatic carboxylic acids is 1. The van der Waals surface area contributed by atoms with Crippen LogP contribution in [0.4, 0.5) is 0 Å². The average Bonchev–Trinajstić information content (AvgIpc) is 3.04. The monoisotopic (exact) mass is 382 g/mol. The van der Waals surface area contributed by atoms with Crippen molar-refractivity contribution in [1.82, 2.24) is 10.4 Å². The maximum absolute atomic E-state index is 12.4. The zero-order valence-corrected chi connectivity index (χ0v) is 13.9. The Labute approximate surface area is 146 Å². The molecule has 23 heavy (non-hydrogen) atoms. The van der Waals surface area contributed by atoms with Gasteiger partial charge in [0.15, 0.2) is 0 Å². The van der Waals surface area contributed by atoms with Gasteiger partial charge in [-0.15, -0.1) is 0 Å². The van der Waals surface area contributed by atoms with E-state index in [9.17, 15) is 19.5 Å². The number of cyclic esters (lactones) is 1. The molecular formula is C12H12Cl2N2O6S. The second-order valence-electron chi connectivity index (χ2n) is 4.84. The van der Waals surface area contributed by atoms with Crippen molar-refractivity contribution in [2.24, 2.45) is 0 Å². The summed E-state index contributed by atoms with van der Waals surface area (Å²) in [4.78, 5) is 40.5. The molecular weight excluding hydrogens is 371 g/mol. The Morgan fingerprint density at radius 3 is 2.78 bits per heavy atom. The molecule has 0 aromatic rings. The first-order chi connectivity index (χ1) is 10.8. The molecule has 2 aliphatic rings. The highest BCUT2D eigenvalue weighted by atomic mass is 35.5. The van der Waals surface area contributed by atoms with Crippen molar-refractivity contribution in [2.45, 2.75) is 31.0 Å². The number of carboxylic acid groups (broad SMARTS) is 1. The van der Waals surface area contributed by atoms with E-state index in [1.807, 2.05) is 0 Å². The molecule has 0 aromatic heterocycles. The van der Waals surface area contributed by atoms with Crippen LogP contribution >= 0.6 is 35.4 Å². The van der Waals surface area contributed by atoms with Gasteiger partial charge in [-0.25, -0.2) is 4.79 Å². The Bertz CT molecular complexity index is 598. The summed E-state index contributed by atoms with van der Waals surface area (Å²) in [5.74, 6) is -2.89. The fourth-order valence-electron chi connectivity index (χ4n) is 2.19. The van der Waals surface area contributed by atoms with E-state index in [1.165, 1.54) is 0 Å². The summed E-state index contributed by atoms with van der Waals surface area (Å²) in [6.45, 7) is -0.159. The first kappa shape index (κ1) is 17.9. The molecule has 2 atom stereocenters. The quantitative estimate of drug-likeness (QED) is 0.533. The van der Waals surface area contributed by atoms with Gasteiger partial charge in [0.2, 0.25) is 0 Å². The van der Waals surface area contributed by atoms with Gasteiger partial charge in [0, 0.05) is 23.4 Å². The lowest BCUT2D eigenvalue weighted by Gasteiger charge is -2.30. The van der Waals surface area contributed by atoms with Gasteiger partial charge in [0.1, 0.15) is 12.6 Å². The Balaban J connectivity index is 2.08. The molecule has 0 aliphatic carbocycles. The third-order valence-electron chi connectivity index (χ3n) is 3.26. The summed E-state index contributed by atoms with van der Waals surface area (Å²) in [5, 5.41) is 12.9. The van der Waals surface area contributed by atoms with Crippen LogP contribution in [0.3, 0.4) is 0 Å². The smallest absolute Gasteiger partial charge is 0.372 e. The van der Waals surface area contributed by atoms with Gasteiger partial charge in [-0.05, 0) is 0 Å². The highest BCUT2D eigenvalue weighted by Crippen LogP contribution is 2.34. The summed E-state index contributed by atoms with van der Waals surface area (Å²) < 4.78 is 4.83. The molecule has 0 spiro atoms.